The normalized spacial score (nSPS) is 45.0. The van der Waals surface area contributed by atoms with Gasteiger partial charge in [0.25, 0.3) is 0 Å². The number of aliphatic hydroxyl groups excluding tert-OH is 3. The summed E-state index contributed by atoms with van der Waals surface area (Å²) >= 11 is 0. The number of aliphatic hydroxyl groups is 3. The molecule has 0 aromatic carbocycles. The Morgan fingerprint density at radius 2 is 1.89 bits per heavy atom. The van der Waals surface area contributed by atoms with Crippen LogP contribution >= 0.6 is 0 Å². The van der Waals surface area contributed by atoms with Crippen molar-refractivity contribution in [2.45, 2.75) is 24.9 Å². The van der Waals surface area contributed by atoms with E-state index in [-0.39, 0.29) is 13.0 Å². The summed E-state index contributed by atoms with van der Waals surface area (Å²) in [4.78, 5) is 0. The molecule has 1 rings (SSSR count). The van der Waals surface area contributed by atoms with Crippen LogP contribution in [-0.4, -0.2) is 40.4 Å². The summed E-state index contributed by atoms with van der Waals surface area (Å²) in [6.45, 7) is 0.109. The average molecular weight is 134 g/mol. The first-order valence-corrected chi connectivity index (χ1v) is 2.86. The molecule has 0 aromatic rings. The molecule has 3 N–H and O–H groups in total. The molecule has 4 heteroatoms. The first-order chi connectivity index (χ1) is 4.20. The lowest BCUT2D eigenvalue weighted by Gasteiger charge is -2.26. The third-order valence-electron chi connectivity index (χ3n) is 1.30. The zero-order chi connectivity index (χ0) is 6.85. The van der Waals surface area contributed by atoms with E-state index in [0.717, 1.165) is 0 Å². The van der Waals surface area contributed by atoms with Crippen molar-refractivity contribution in [2.24, 2.45) is 0 Å². The molecule has 0 radical (unpaired) electrons. The van der Waals surface area contributed by atoms with E-state index in [0.29, 0.717) is 0 Å². The number of rotatable bonds is 0. The lowest BCUT2D eigenvalue weighted by Crippen LogP contribution is -2.40. The van der Waals surface area contributed by atoms with Gasteiger partial charge in [-0.3, -0.25) is 0 Å². The van der Waals surface area contributed by atoms with Gasteiger partial charge in [0.2, 0.25) is 0 Å². The maximum absolute atomic E-state index is 8.81. The Morgan fingerprint density at radius 1 is 1.22 bits per heavy atom. The molecule has 0 spiro atoms. The van der Waals surface area contributed by atoms with E-state index >= 15 is 0 Å². The molecule has 9 heavy (non-hydrogen) atoms. The fourth-order valence-corrected chi connectivity index (χ4v) is 0.784. The fourth-order valence-electron chi connectivity index (χ4n) is 0.784. The predicted octanol–water partition coefficient (Wildman–Crippen LogP) is -1.55. The summed E-state index contributed by atoms with van der Waals surface area (Å²) in [5, 5.41) is 26.3. The quantitative estimate of drug-likeness (QED) is 0.375. The number of ether oxygens (including phenoxy) is 1. The average Bonchev–Trinajstić information content (AvgIpc) is 1.80. The van der Waals surface area contributed by atoms with Gasteiger partial charge >= 0.3 is 0 Å². The van der Waals surface area contributed by atoms with Crippen LogP contribution in [0.2, 0.25) is 0 Å². The summed E-state index contributed by atoms with van der Waals surface area (Å²) in [6.07, 6.45) is -2.49. The molecule has 0 amide bonds. The molecule has 0 aromatic heterocycles. The Hall–Kier alpha value is -0.160. The molecule has 0 aliphatic carbocycles. The maximum Gasteiger partial charge on any atom is 0.181 e. The van der Waals surface area contributed by atoms with Crippen molar-refractivity contribution in [3.05, 3.63) is 0 Å². The van der Waals surface area contributed by atoms with Crippen LogP contribution in [0.5, 0.6) is 0 Å². The molecule has 2 unspecified atom stereocenters. The smallest absolute Gasteiger partial charge is 0.181 e. The van der Waals surface area contributed by atoms with Gasteiger partial charge in [-0.05, 0) is 0 Å². The molecule has 1 heterocycles. The van der Waals surface area contributed by atoms with E-state index in [4.69, 9.17) is 15.3 Å². The van der Waals surface area contributed by atoms with E-state index in [1.807, 2.05) is 0 Å². The second kappa shape index (κ2) is 2.62. The van der Waals surface area contributed by atoms with Crippen LogP contribution in [0.3, 0.4) is 0 Å². The molecule has 3 atom stereocenters. The summed E-state index contributed by atoms with van der Waals surface area (Å²) in [6, 6.07) is 0. The molecule has 0 bridgehead atoms. The molecular formula is C5H10O4. The summed E-state index contributed by atoms with van der Waals surface area (Å²) in [5.74, 6) is 0. The summed E-state index contributed by atoms with van der Waals surface area (Å²) in [7, 11) is 0. The summed E-state index contributed by atoms with van der Waals surface area (Å²) in [5.41, 5.74) is 0. The lowest BCUT2D eigenvalue weighted by molar-refractivity contribution is -0.211. The molecule has 1 saturated heterocycles. The third kappa shape index (κ3) is 1.62. The van der Waals surface area contributed by atoms with Crippen LogP contribution < -0.4 is 0 Å². The van der Waals surface area contributed by atoms with Gasteiger partial charge in [-0.1, -0.05) is 0 Å². The van der Waals surface area contributed by atoms with E-state index in [2.05, 4.69) is 4.74 Å². The van der Waals surface area contributed by atoms with Gasteiger partial charge < -0.3 is 20.1 Å². The Balaban J connectivity index is 2.35. The standard InChI is InChI=1S/C5H10O4/c6-3-1-4(7)5(8)9-2-3/h3-8H,1-2H2/t3-,4?,5?/m0/s1. The maximum atomic E-state index is 8.81. The fraction of sp³-hybridized carbons (Fsp3) is 1.00. The van der Waals surface area contributed by atoms with Gasteiger partial charge in [-0.2, -0.15) is 0 Å². The van der Waals surface area contributed by atoms with Crippen molar-refractivity contribution in [1.29, 1.82) is 0 Å². The zero-order valence-electron chi connectivity index (χ0n) is 4.90. The first kappa shape index (κ1) is 6.95. The Kier molecular flexibility index (Phi) is 2.02. The van der Waals surface area contributed by atoms with E-state index in [1.165, 1.54) is 0 Å². The molecule has 1 fully saturated rings. The number of hydrogen-bond acceptors (Lipinski definition) is 4. The number of hydrogen-bond donors (Lipinski definition) is 3. The topological polar surface area (TPSA) is 69.9 Å². The Labute approximate surface area is 52.7 Å². The second-order valence-electron chi connectivity index (χ2n) is 2.18. The van der Waals surface area contributed by atoms with Crippen molar-refractivity contribution < 1.29 is 20.1 Å². The van der Waals surface area contributed by atoms with E-state index in [9.17, 15) is 0 Å². The lowest BCUT2D eigenvalue weighted by atomic mass is 10.1. The van der Waals surface area contributed by atoms with Crippen molar-refractivity contribution in [1.82, 2.24) is 0 Å². The van der Waals surface area contributed by atoms with Crippen LogP contribution in [-0.2, 0) is 4.74 Å². The van der Waals surface area contributed by atoms with Crippen molar-refractivity contribution >= 4 is 0 Å². The molecule has 1 aliphatic heterocycles. The van der Waals surface area contributed by atoms with Crippen LogP contribution in [0, 0.1) is 0 Å². The molecule has 54 valence electrons. The van der Waals surface area contributed by atoms with Crippen LogP contribution in [0.4, 0.5) is 0 Å². The highest BCUT2D eigenvalue weighted by Gasteiger charge is 2.26. The highest BCUT2D eigenvalue weighted by molar-refractivity contribution is 4.70. The van der Waals surface area contributed by atoms with Gasteiger partial charge in [0, 0.05) is 6.42 Å². The minimum atomic E-state index is -1.12. The van der Waals surface area contributed by atoms with E-state index < -0.39 is 18.5 Å². The molecule has 1 aliphatic rings. The SMILES string of the molecule is OC1C[C@H](O)COC1O. The largest absolute Gasteiger partial charge is 0.391 e. The highest BCUT2D eigenvalue weighted by atomic mass is 16.6. The minimum Gasteiger partial charge on any atom is -0.391 e. The predicted molar refractivity (Wildman–Crippen MR) is 28.6 cm³/mol. The zero-order valence-corrected chi connectivity index (χ0v) is 4.90. The third-order valence-corrected chi connectivity index (χ3v) is 1.30. The highest BCUT2D eigenvalue weighted by Crippen LogP contribution is 2.11. The van der Waals surface area contributed by atoms with Gasteiger partial charge in [0.1, 0.15) is 6.10 Å². The van der Waals surface area contributed by atoms with Gasteiger partial charge in [-0.15, -0.1) is 0 Å². The van der Waals surface area contributed by atoms with Gasteiger partial charge in [-0.25, -0.2) is 0 Å². The van der Waals surface area contributed by atoms with Crippen LogP contribution in [0.25, 0.3) is 0 Å². The van der Waals surface area contributed by atoms with Gasteiger partial charge in [0.05, 0.1) is 12.7 Å². The Bertz CT molecular complexity index is 95.0. The minimum absolute atomic E-state index is 0.109. The monoisotopic (exact) mass is 134 g/mol. The second-order valence-corrected chi connectivity index (χ2v) is 2.18. The van der Waals surface area contributed by atoms with E-state index in [1.54, 1.807) is 0 Å². The first-order valence-electron chi connectivity index (χ1n) is 2.86. The van der Waals surface area contributed by atoms with Crippen molar-refractivity contribution in [3.8, 4) is 0 Å². The van der Waals surface area contributed by atoms with Crippen molar-refractivity contribution in [2.75, 3.05) is 6.61 Å². The van der Waals surface area contributed by atoms with Crippen molar-refractivity contribution in [3.63, 3.8) is 0 Å². The van der Waals surface area contributed by atoms with Crippen LogP contribution in [0.15, 0.2) is 0 Å². The Morgan fingerprint density at radius 3 is 2.33 bits per heavy atom. The molecular weight excluding hydrogens is 124 g/mol. The van der Waals surface area contributed by atoms with Crippen LogP contribution in [0.1, 0.15) is 6.42 Å². The molecule has 0 saturated carbocycles. The molecule has 4 nitrogen and oxygen atoms in total. The van der Waals surface area contributed by atoms with Gasteiger partial charge in [0.15, 0.2) is 6.29 Å². The summed E-state index contributed by atoms with van der Waals surface area (Å²) < 4.78 is 4.56.